The number of carboxylic acid groups (broad SMARTS) is 1. The van der Waals surface area contributed by atoms with Crippen LogP contribution in [0, 0.1) is 0 Å². The van der Waals surface area contributed by atoms with Crippen LogP contribution in [0.15, 0.2) is 53.4 Å². The molecule has 2 aromatic carbocycles. The molecule has 1 aliphatic rings. The fourth-order valence-electron chi connectivity index (χ4n) is 3.14. The van der Waals surface area contributed by atoms with E-state index < -0.39 is 12.1 Å². The number of aliphatic carboxylic acids is 1. The molecule has 1 aliphatic heterocycles. The Labute approximate surface area is 185 Å². The first-order valence-electron chi connectivity index (χ1n) is 10.2. The van der Waals surface area contributed by atoms with Crippen LogP contribution in [0.25, 0.3) is 6.08 Å². The summed E-state index contributed by atoms with van der Waals surface area (Å²) in [7, 11) is 0. The number of hydrogen-bond donors (Lipinski definition) is 1. The van der Waals surface area contributed by atoms with Gasteiger partial charge in [-0.1, -0.05) is 45.0 Å². The number of imide groups is 1. The van der Waals surface area contributed by atoms with E-state index in [9.17, 15) is 14.4 Å². The Morgan fingerprint density at radius 2 is 1.71 bits per heavy atom. The Kier molecular flexibility index (Phi) is 7.17. The predicted molar refractivity (Wildman–Crippen MR) is 122 cm³/mol. The van der Waals surface area contributed by atoms with E-state index in [4.69, 9.17) is 9.84 Å². The molecular formula is C24H25NO5S. The highest BCUT2D eigenvalue weighted by Gasteiger charge is 2.36. The first-order chi connectivity index (χ1) is 14.8. The van der Waals surface area contributed by atoms with Crippen LogP contribution in [-0.2, 0) is 9.59 Å². The molecule has 0 saturated carbocycles. The first-order valence-corrected chi connectivity index (χ1v) is 11.0. The maximum absolute atomic E-state index is 12.8. The van der Waals surface area contributed by atoms with Gasteiger partial charge in [-0.15, -0.1) is 0 Å². The van der Waals surface area contributed by atoms with Crippen molar-refractivity contribution in [1.29, 1.82) is 0 Å². The summed E-state index contributed by atoms with van der Waals surface area (Å²) in [5, 5.41) is 8.76. The average molecular weight is 440 g/mol. The molecule has 31 heavy (non-hydrogen) atoms. The van der Waals surface area contributed by atoms with Crippen molar-refractivity contribution in [2.45, 2.75) is 45.6 Å². The molecule has 2 amide bonds. The monoisotopic (exact) mass is 439 g/mol. The number of thioether (sulfide) groups is 1. The molecule has 2 atom stereocenters. The summed E-state index contributed by atoms with van der Waals surface area (Å²) < 4.78 is 5.44. The van der Waals surface area contributed by atoms with Crippen molar-refractivity contribution in [2.24, 2.45) is 0 Å². The Bertz CT molecular complexity index is 998. The summed E-state index contributed by atoms with van der Waals surface area (Å²) in [4.78, 5) is 38.0. The molecule has 162 valence electrons. The average Bonchev–Trinajstić information content (AvgIpc) is 3.05. The molecule has 2 unspecified atom stereocenters. The minimum atomic E-state index is -1.02. The lowest BCUT2D eigenvalue weighted by Crippen LogP contribution is -2.27. The number of anilines is 1. The van der Waals surface area contributed by atoms with Gasteiger partial charge < -0.3 is 9.84 Å². The molecule has 0 aliphatic carbocycles. The minimum absolute atomic E-state index is 0.334. The molecule has 0 aromatic heterocycles. The normalized spacial score (nSPS) is 17.1. The number of carbonyl (C=O) groups excluding carboxylic acids is 2. The summed E-state index contributed by atoms with van der Waals surface area (Å²) in [5.74, 6) is -0.527. The van der Waals surface area contributed by atoms with Gasteiger partial charge in [-0.2, -0.15) is 0 Å². The highest BCUT2D eigenvalue weighted by Crippen LogP contribution is 2.36. The second-order valence-corrected chi connectivity index (χ2v) is 8.33. The van der Waals surface area contributed by atoms with Gasteiger partial charge in [0, 0.05) is 0 Å². The lowest BCUT2D eigenvalue weighted by Gasteiger charge is -2.15. The zero-order valence-corrected chi connectivity index (χ0v) is 18.5. The summed E-state index contributed by atoms with van der Waals surface area (Å²) >= 11 is 0.898. The van der Waals surface area contributed by atoms with Crippen molar-refractivity contribution in [3.63, 3.8) is 0 Å². The van der Waals surface area contributed by atoms with Crippen LogP contribution in [-0.4, -0.2) is 28.3 Å². The fraction of sp³-hybridized carbons (Fsp3) is 0.292. The van der Waals surface area contributed by atoms with Gasteiger partial charge in [0.05, 0.1) is 10.6 Å². The summed E-state index contributed by atoms with van der Waals surface area (Å²) in [6.07, 6.45) is 2.11. The number of carbonyl (C=O) groups is 3. The molecular weight excluding hydrogens is 414 g/mol. The molecule has 6 nitrogen and oxygen atoms in total. The van der Waals surface area contributed by atoms with E-state index >= 15 is 0 Å². The smallest absolute Gasteiger partial charge is 0.344 e. The third kappa shape index (κ3) is 5.17. The predicted octanol–water partition coefficient (Wildman–Crippen LogP) is 5.68. The number of hydrogen-bond acceptors (Lipinski definition) is 5. The number of carboxylic acids is 1. The van der Waals surface area contributed by atoms with Gasteiger partial charge in [0.2, 0.25) is 0 Å². The second-order valence-electron chi connectivity index (χ2n) is 7.34. The van der Waals surface area contributed by atoms with Crippen LogP contribution in [0.2, 0.25) is 0 Å². The molecule has 1 saturated heterocycles. The van der Waals surface area contributed by atoms with E-state index in [0.717, 1.165) is 18.2 Å². The summed E-state index contributed by atoms with van der Waals surface area (Å²) in [6.45, 7) is 5.99. The van der Waals surface area contributed by atoms with Gasteiger partial charge in [0.15, 0.2) is 6.10 Å². The van der Waals surface area contributed by atoms with Crippen molar-refractivity contribution < 1.29 is 24.2 Å². The summed E-state index contributed by atoms with van der Waals surface area (Å²) in [5.41, 5.74) is 2.44. The topological polar surface area (TPSA) is 83.9 Å². The molecule has 0 spiro atoms. The zero-order chi connectivity index (χ0) is 22.5. The van der Waals surface area contributed by atoms with E-state index in [1.165, 1.54) is 10.5 Å². The Morgan fingerprint density at radius 3 is 2.26 bits per heavy atom. The second kappa shape index (κ2) is 9.83. The first kappa shape index (κ1) is 22.6. The largest absolute Gasteiger partial charge is 0.479 e. The van der Waals surface area contributed by atoms with Gasteiger partial charge in [-0.3, -0.25) is 9.59 Å². The lowest BCUT2D eigenvalue weighted by molar-refractivity contribution is -0.145. The van der Waals surface area contributed by atoms with Gasteiger partial charge in [0.25, 0.3) is 11.1 Å². The maximum Gasteiger partial charge on any atom is 0.344 e. The quantitative estimate of drug-likeness (QED) is 0.533. The lowest BCUT2D eigenvalue weighted by atomic mass is 9.98. The van der Waals surface area contributed by atoms with Gasteiger partial charge in [-0.25, -0.2) is 9.69 Å². The van der Waals surface area contributed by atoms with Gasteiger partial charge in [-0.05, 0) is 72.0 Å². The molecule has 2 aromatic rings. The van der Waals surface area contributed by atoms with E-state index in [1.54, 1.807) is 49.4 Å². The molecule has 1 heterocycles. The van der Waals surface area contributed by atoms with Crippen molar-refractivity contribution in [1.82, 2.24) is 0 Å². The number of rotatable bonds is 8. The molecule has 3 rings (SSSR count). The van der Waals surface area contributed by atoms with Crippen LogP contribution in [0.4, 0.5) is 10.5 Å². The SMILES string of the molecule is CCC(Oc1ccc(/C=C2/SC(=O)N(c3ccc(C(C)CC)cc3)C2=O)cc1)C(=O)O. The third-order valence-corrected chi connectivity index (χ3v) is 6.10. The highest BCUT2D eigenvalue weighted by molar-refractivity contribution is 8.19. The van der Waals surface area contributed by atoms with Crippen LogP contribution in [0.3, 0.4) is 0 Å². The Morgan fingerprint density at radius 1 is 1.06 bits per heavy atom. The van der Waals surface area contributed by atoms with Crippen LogP contribution in [0.1, 0.15) is 50.7 Å². The number of benzene rings is 2. The molecule has 0 radical (unpaired) electrons. The number of ether oxygens (including phenoxy) is 1. The van der Waals surface area contributed by atoms with Crippen molar-refractivity contribution in [2.75, 3.05) is 4.90 Å². The van der Waals surface area contributed by atoms with Crippen molar-refractivity contribution in [3.8, 4) is 5.75 Å². The van der Waals surface area contributed by atoms with Crippen LogP contribution in [0.5, 0.6) is 5.75 Å². The molecule has 1 fully saturated rings. The van der Waals surface area contributed by atoms with E-state index in [1.807, 2.05) is 12.1 Å². The number of amides is 2. The fourth-order valence-corrected chi connectivity index (χ4v) is 3.99. The Hall–Kier alpha value is -3.06. The van der Waals surface area contributed by atoms with Crippen LogP contribution < -0.4 is 9.64 Å². The van der Waals surface area contributed by atoms with Crippen molar-refractivity contribution in [3.05, 3.63) is 64.6 Å². The molecule has 0 bridgehead atoms. The van der Waals surface area contributed by atoms with Gasteiger partial charge >= 0.3 is 5.97 Å². The third-order valence-electron chi connectivity index (χ3n) is 5.23. The van der Waals surface area contributed by atoms with E-state index in [2.05, 4.69) is 13.8 Å². The standard InChI is InChI=1S/C24H25NO5S/c1-4-15(3)17-8-10-18(11-9-17)25-22(26)21(31-24(25)29)14-16-6-12-19(13-7-16)30-20(5-2)23(27)28/h6-15,20H,4-5H2,1-3H3,(H,27,28)/b21-14+. The van der Waals surface area contributed by atoms with Crippen LogP contribution >= 0.6 is 11.8 Å². The van der Waals surface area contributed by atoms with Gasteiger partial charge in [0.1, 0.15) is 5.75 Å². The minimum Gasteiger partial charge on any atom is -0.479 e. The number of nitrogens with zero attached hydrogens (tertiary/aromatic N) is 1. The van der Waals surface area contributed by atoms with E-state index in [-0.39, 0.29) is 11.1 Å². The molecule has 1 N–H and O–H groups in total. The zero-order valence-electron chi connectivity index (χ0n) is 17.7. The maximum atomic E-state index is 12.8. The van der Waals surface area contributed by atoms with E-state index in [0.29, 0.717) is 34.2 Å². The highest BCUT2D eigenvalue weighted by atomic mass is 32.2. The molecule has 7 heteroatoms. The Balaban J connectivity index is 1.75. The van der Waals surface area contributed by atoms with Crippen molar-refractivity contribution >= 4 is 40.6 Å². The summed E-state index contributed by atoms with van der Waals surface area (Å²) in [6, 6.07) is 14.3.